The number of rotatable bonds is 11. The zero-order valence-corrected chi connectivity index (χ0v) is 17.9. The van der Waals surface area contributed by atoms with Gasteiger partial charge in [0.2, 0.25) is 6.79 Å². The first-order valence-electron chi connectivity index (χ1n) is 9.37. The standard InChI is InChI=1S/C22H25O7P/c1-18(16-26-19(2)23)10-9-15-30(25,29-21-13-7-4-8-14-21)28-17-27-22(24)20-11-5-3-6-12-20/h3-8,10-14H,9,15-17H2,1-2H3/b18-10+. The van der Waals surface area contributed by atoms with Gasteiger partial charge in [0.15, 0.2) is 0 Å². The van der Waals surface area contributed by atoms with Crippen molar-refractivity contribution >= 4 is 19.5 Å². The van der Waals surface area contributed by atoms with E-state index in [9.17, 15) is 14.2 Å². The lowest BCUT2D eigenvalue weighted by atomic mass is 10.2. The number of benzene rings is 2. The van der Waals surface area contributed by atoms with E-state index >= 15 is 0 Å². The molecule has 2 aromatic rings. The second-order valence-electron chi connectivity index (χ2n) is 6.40. The molecular formula is C22H25O7P. The molecule has 0 saturated heterocycles. The highest BCUT2D eigenvalue weighted by molar-refractivity contribution is 7.54. The van der Waals surface area contributed by atoms with Crippen LogP contribution in [0.3, 0.4) is 0 Å². The van der Waals surface area contributed by atoms with Crippen LogP contribution in [0.1, 0.15) is 30.6 Å². The van der Waals surface area contributed by atoms with Crippen molar-refractivity contribution in [3.8, 4) is 5.75 Å². The fraction of sp³-hybridized carbons (Fsp3) is 0.273. The number of hydrogen-bond donors (Lipinski definition) is 0. The number of hydrogen-bond acceptors (Lipinski definition) is 7. The average molecular weight is 432 g/mol. The molecule has 0 aliphatic carbocycles. The van der Waals surface area contributed by atoms with Gasteiger partial charge in [0, 0.05) is 6.92 Å². The van der Waals surface area contributed by atoms with E-state index in [1.807, 2.05) is 0 Å². The molecule has 0 heterocycles. The van der Waals surface area contributed by atoms with Crippen molar-refractivity contribution in [2.75, 3.05) is 19.6 Å². The molecule has 0 amide bonds. The molecule has 0 saturated carbocycles. The van der Waals surface area contributed by atoms with E-state index in [1.165, 1.54) is 6.92 Å². The van der Waals surface area contributed by atoms with Crippen molar-refractivity contribution in [2.24, 2.45) is 0 Å². The Morgan fingerprint density at radius 1 is 0.933 bits per heavy atom. The molecule has 8 heteroatoms. The summed E-state index contributed by atoms with van der Waals surface area (Å²) in [5.74, 6) is -0.570. The number of carbonyl (C=O) groups is 2. The molecule has 7 nitrogen and oxygen atoms in total. The zero-order chi connectivity index (χ0) is 21.8. The maximum Gasteiger partial charge on any atom is 0.382 e. The second kappa shape index (κ2) is 12.0. The molecule has 0 radical (unpaired) electrons. The van der Waals surface area contributed by atoms with Gasteiger partial charge in [0.1, 0.15) is 12.4 Å². The van der Waals surface area contributed by atoms with Gasteiger partial charge >= 0.3 is 19.5 Å². The van der Waals surface area contributed by atoms with Crippen molar-refractivity contribution in [1.82, 2.24) is 0 Å². The Morgan fingerprint density at radius 2 is 1.57 bits per heavy atom. The Labute approximate surface area is 176 Å². The summed E-state index contributed by atoms with van der Waals surface area (Å²) in [5, 5.41) is 0. The predicted octanol–water partition coefficient (Wildman–Crippen LogP) is 4.99. The van der Waals surface area contributed by atoms with Crippen molar-refractivity contribution in [1.29, 1.82) is 0 Å². The first-order chi connectivity index (χ1) is 14.4. The number of carbonyl (C=O) groups excluding carboxylic acids is 2. The van der Waals surface area contributed by atoms with E-state index in [1.54, 1.807) is 73.7 Å². The molecule has 1 atom stereocenters. The van der Waals surface area contributed by atoms with Gasteiger partial charge in [-0.2, -0.15) is 0 Å². The van der Waals surface area contributed by atoms with Crippen LogP contribution in [0.4, 0.5) is 0 Å². The summed E-state index contributed by atoms with van der Waals surface area (Å²) in [6.45, 7) is 2.79. The maximum atomic E-state index is 13.2. The Morgan fingerprint density at radius 3 is 2.20 bits per heavy atom. The highest BCUT2D eigenvalue weighted by Crippen LogP contribution is 2.49. The van der Waals surface area contributed by atoms with Gasteiger partial charge in [-0.05, 0) is 43.2 Å². The van der Waals surface area contributed by atoms with Crippen LogP contribution in [0.2, 0.25) is 0 Å². The lowest BCUT2D eigenvalue weighted by Crippen LogP contribution is -2.11. The first kappa shape index (κ1) is 23.4. The summed E-state index contributed by atoms with van der Waals surface area (Å²) in [4.78, 5) is 22.9. The first-order valence-corrected chi connectivity index (χ1v) is 11.1. The van der Waals surface area contributed by atoms with Gasteiger partial charge in [0.25, 0.3) is 0 Å². The third-order valence-electron chi connectivity index (χ3n) is 3.84. The minimum atomic E-state index is -3.61. The topological polar surface area (TPSA) is 88.1 Å². The molecular weight excluding hydrogens is 407 g/mol. The lowest BCUT2D eigenvalue weighted by Gasteiger charge is -2.19. The fourth-order valence-electron chi connectivity index (χ4n) is 2.34. The molecule has 0 fully saturated rings. The third kappa shape index (κ3) is 8.64. The molecule has 2 rings (SSSR count). The van der Waals surface area contributed by atoms with Crippen LogP contribution in [0.5, 0.6) is 5.75 Å². The summed E-state index contributed by atoms with van der Waals surface area (Å²) < 4.78 is 34.2. The minimum Gasteiger partial charge on any atom is -0.461 e. The predicted molar refractivity (Wildman–Crippen MR) is 112 cm³/mol. The Hall–Kier alpha value is -2.89. The molecule has 30 heavy (non-hydrogen) atoms. The van der Waals surface area contributed by atoms with Gasteiger partial charge in [0.05, 0.1) is 11.7 Å². The van der Waals surface area contributed by atoms with E-state index in [0.717, 1.165) is 5.57 Å². The number of esters is 2. The largest absolute Gasteiger partial charge is 0.461 e. The van der Waals surface area contributed by atoms with E-state index in [0.29, 0.717) is 17.7 Å². The Bertz CT molecular complexity index is 894. The quantitative estimate of drug-likeness (QED) is 0.214. The minimum absolute atomic E-state index is 0.0577. The Balaban J connectivity index is 1.96. The number of ether oxygens (including phenoxy) is 2. The Kier molecular flexibility index (Phi) is 9.32. The SMILES string of the molecule is CC(=O)OC/C(C)=C/CCP(=O)(OCOC(=O)c1ccccc1)Oc1ccccc1. The molecule has 0 aromatic heterocycles. The van der Waals surface area contributed by atoms with Gasteiger partial charge in [-0.25, -0.2) is 9.36 Å². The van der Waals surface area contributed by atoms with Crippen molar-refractivity contribution in [3.63, 3.8) is 0 Å². The van der Waals surface area contributed by atoms with Crippen molar-refractivity contribution in [3.05, 3.63) is 77.9 Å². The maximum absolute atomic E-state index is 13.2. The van der Waals surface area contributed by atoms with E-state index in [2.05, 4.69) is 0 Å². The monoisotopic (exact) mass is 432 g/mol. The smallest absolute Gasteiger partial charge is 0.382 e. The van der Waals surface area contributed by atoms with Gasteiger partial charge in [-0.15, -0.1) is 0 Å². The van der Waals surface area contributed by atoms with Crippen molar-refractivity contribution in [2.45, 2.75) is 20.3 Å². The van der Waals surface area contributed by atoms with Crippen molar-refractivity contribution < 1.29 is 32.7 Å². The molecule has 160 valence electrons. The summed E-state index contributed by atoms with van der Waals surface area (Å²) in [6, 6.07) is 17.1. The molecule has 0 aliphatic rings. The van der Waals surface area contributed by atoms with E-state index < -0.39 is 20.4 Å². The molecule has 2 aromatic carbocycles. The molecule has 0 aliphatic heterocycles. The van der Waals surface area contributed by atoms with Crippen LogP contribution in [0.25, 0.3) is 0 Å². The lowest BCUT2D eigenvalue weighted by molar-refractivity contribution is -0.139. The normalized spacial score (nSPS) is 13.2. The fourth-order valence-corrected chi connectivity index (χ4v) is 3.71. The van der Waals surface area contributed by atoms with Gasteiger partial charge in [-0.1, -0.05) is 42.5 Å². The highest BCUT2D eigenvalue weighted by atomic mass is 31.2. The van der Waals surface area contributed by atoms with Crippen LogP contribution < -0.4 is 4.52 Å². The highest BCUT2D eigenvalue weighted by Gasteiger charge is 2.26. The van der Waals surface area contributed by atoms with Crippen LogP contribution >= 0.6 is 7.60 Å². The van der Waals surface area contributed by atoms with Crippen LogP contribution in [-0.2, 0) is 23.4 Å². The number of allylic oxidation sites excluding steroid dienone is 1. The van der Waals surface area contributed by atoms with Crippen LogP contribution in [0.15, 0.2) is 72.3 Å². The average Bonchev–Trinajstić information content (AvgIpc) is 2.73. The van der Waals surface area contributed by atoms with Gasteiger partial charge in [-0.3, -0.25) is 9.32 Å². The molecule has 0 spiro atoms. The third-order valence-corrected chi connectivity index (χ3v) is 5.63. The summed E-state index contributed by atoms with van der Waals surface area (Å²) in [7, 11) is -3.61. The summed E-state index contributed by atoms with van der Waals surface area (Å²) in [6.07, 6.45) is 2.22. The molecule has 1 unspecified atom stereocenters. The number of para-hydroxylation sites is 1. The summed E-state index contributed by atoms with van der Waals surface area (Å²) in [5.41, 5.74) is 1.18. The van der Waals surface area contributed by atoms with Crippen LogP contribution in [0, 0.1) is 0 Å². The van der Waals surface area contributed by atoms with E-state index in [-0.39, 0.29) is 18.7 Å². The second-order valence-corrected chi connectivity index (χ2v) is 8.51. The van der Waals surface area contributed by atoms with Gasteiger partial charge < -0.3 is 14.0 Å². The molecule has 0 bridgehead atoms. The van der Waals surface area contributed by atoms with E-state index in [4.69, 9.17) is 18.5 Å². The zero-order valence-electron chi connectivity index (χ0n) is 17.0. The molecule has 0 N–H and O–H groups in total. The summed E-state index contributed by atoms with van der Waals surface area (Å²) >= 11 is 0. The van der Waals surface area contributed by atoms with Crippen LogP contribution in [-0.4, -0.2) is 31.5 Å².